The Labute approximate surface area is 207 Å². The Balaban J connectivity index is 1.84. The van der Waals surface area contributed by atoms with Gasteiger partial charge in [0.1, 0.15) is 10.6 Å². The van der Waals surface area contributed by atoms with Gasteiger partial charge in [0, 0.05) is 6.04 Å². The lowest BCUT2D eigenvalue weighted by Crippen LogP contribution is -2.34. The third kappa shape index (κ3) is 6.49. The number of ether oxygens (including phenoxy) is 4. The van der Waals surface area contributed by atoms with Crippen molar-refractivity contribution in [3.8, 4) is 17.2 Å². The number of allylic oxidation sites excluding steroid dienone is 1. The van der Waals surface area contributed by atoms with Gasteiger partial charge < -0.3 is 18.9 Å². The number of esters is 1. The molecule has 0 aromatic heterocycles. The van der Waals surface area contributed by atoms with Crippen molar-refractivity contribution in [1.29, 1.82) is 0 Å². The van der Waals surface area contributed by atoms with Crippen LogP contribution in [-0.2, 0) is 19.6 Å². The molecule has 8 nitrogen and oxygen atoms in total. The molecular weight excluding hydrogens is 503 g/mol. The number of methoxy groups -OCH3 is 2. The fourth-order valence-electron chi connectivity index (χ4n) is 4.04. The summed E-state index contributed by atoms with van der Waals surface area (Å²) < 4.78 is 86.2. The largest absolute Gasteiger partial charge is 0.573 e. The van der Waals surface area contributed by atoms with Crippen molar-refractivity contribution in [2.75, 3.05) is 20.8 Å². The van der Waals surface area contributed by atoms with Crippen molar-refractivity contribution >= 4 is 16.0 Å². The molecule has 0 unspecified atom stereocenters. The second kappa shape index (κ2) is 11.2. The van der Waals surface area contributed by atoms with Gasteiger partial charge in [0.2, 0.25) is 10.0 Å². The summed E-state index contributed by atoms with van der Waals surface area (Å²) in [5.41, 5.74) is 0.577. The van der Waals surface area contributed by atoms with E-state index in [0.29, 0.717) is 17.1 Å². The Kier molecular flexibility index (Phi) is 8.51. The number of para-hydroxylation sites is 1. The molecule has 0 fully saturated rings. The minimum atomic E-state index is -5.06. The van der Waals surface area contributed by atoms with Crippen LogP contribution in [-0.4, -0.2) is 47.6 Å². The van der Waals surface area contributed by atoms with Gasteiger partial charge >= 0.3 is 12.3 Å². The average molecular weight is 530 g/mol. The van der Waals surface area contributed by atoms with Crippen LogP contribution in [0.2, 0.25) is 0 Å². The molecule has 1 aliphatic rings. The molecule has 36 heavy (non-hydrogen) atoms. The first-order chi connectivity index (χ1) is 17.0. The lowest BCUT2D eigenvalue weighted by molar-refractivity contribution is -0.275. The summed E-state index contributed by atoms with van der Waals surface area (Å²) in [4.78, 5) is 12.2. The third-order valence-electron chi connectivity index (χ3n) is 5.52. The smallest absolute Gasteiger partial charge is 0.493 e. The summed E-state index contributed by atoms with van der Waals surface area (Å²) in [5, 5.41) is 0. The van der Waals surface area contributed by atoms with Crippen LogP contribution in [0.3, 0.4) is 0 Å². The molecule has 0 spiro atoms. The highest BCUT2D eigenvalue weighted by molar-refractivity contribution is 7.89. The topological polar surface area (TPSA) is 100 Å². The molecule has 0 aliphatic heterocycles. The first kappa shape index (κ1) is 27.3. The zero-order valence-electron chi connectivity index (χ0n) is 19.7. The number of rotatable bonds is 10. The molecular formula is C24H26F3NO7S. The molecule has 0 saturated carbocycles. The van der Waals surface area contributed by atoms with Gasteiger partial charge in [-0.25, -0.2) is 13.1 Å². The van der Waals surface area contributed by atoms with Crippen molar-refractivity contribution in [2.45, 2.75) is 36.6 Å². The van der Waals surface area contributed by atoms with Gasteiger partial charge in [0.15, 0.2) is 11.5 Å². The van der Waals surface area contributed by atoms with Crippen molar-refractivity contribution in [3.63, 3.8) is 0 Å². The Hall–Kier alpha value is -3.25. The van der Waals surface area contributed by atoms with Crippen molar-refractivity contribution < 1.29 is 45.3 Å². The molecule has 0 heterocycles. The van der Waals surface area contributed by atoms with Crippen molar-refractivity contribution in [1.82, 2.24) is 4.72 Å². The summed E-state index contributed by atoms with van der Waals surface area (Å²) in [6.45, 7) is 1.82. The van der Waals surface area contributed by atoms with Crippen LogP contribution < -0.4 is 18.9 Å². The Morgan fingerprint density at radius 3 is 2.39 bits per heavy atom. The maximum Gasteiger partial charge on any atom is 0.573 e. The van der Waals surface area contributed by atoms with Crippen molar-refractivity contribution in [3.05, 3.63) is 60.2 Å². The lowest BCUT2D eigenvalue weighted by Gasteiger charge is -2.23. The Morgan fingerprint density at radius 1 is 1.06 bits per heavy atom. The summed E-state index contributed by atoms with van der Waals surface area (Å²) in [5.74, 6) is -1.72. The molecule has 0 bridgehead atoms. The molecule has 0 radical (unpaired) electrons. The van der Waals surface area contributed by atoms with Gasteiger partial charge in [-0.15, -0.1) is 13.2 Å². The van der Waals surface area contributed by atoms with E-state index >= 15 is 0 Å². The van der Waals surface area contributed by atoms with E-state index < -0.39 is 50.9 Å². The first-order valence-corrected chi connectivity index (χ1v) is 12.4. The number of hydrogen-bond donors (Lipinski definition) is 1. The monoisotopic (exact) mass is 529 g/mol. The van der Waals surface area contributed by atoms with E-state index in [0.717, 1.165) is 12.1 Å². The number of sulfonamides is 1. The number of benzene rings is 2. The molecule has 1 aliphatic carbocycles. The normalized spacial score (nSPS) is 18.5. The van der Waals surface area contributed by atoms with Crippen LogP contribution in [0.15, 0.2) is 59.5 Å². The number of halogens is 3. The fraction of sp³-hybridized carbons (Fsp3) is 0.375. The highest BCUT2D eigenvalue weighted by Crippen LogP contribution is 2.39. The maximum absolute atomic E-state index is 12.9. The summed E-state index contributed by atoms with van der Waals surface area (Å²) >= 11 is 0. The zero-order chi connectivity index (χ0) is 26.5. The summed E-state index contributed by atoms with van der Waals surface area (Å²) in [6, 6.07) is 8.67. The number of alkyl halides is 3. The fourth-order valence-corrected chi connectivity index (χ4v) is 5.37. The van der Waals surface area contributed by atoms with Crippen LogP contribution >= 0.6 is 0 Å². The molecule has 3 rings (SSSR count). The molecule has 1 N–H and O–H groups in total. The number of hydrogen-bond acceptors (Lipinski definition) is 7. The lowest BCUT2D eigenvalue weighted by atomic mass is 9.85. The minimum Gasteiger partial charge on any atom is -0.493 e. The summed E-state index contributed by atoms with van der Waals surface area (Å²) in [7, 11) is -1.45. The predicted molar refractivity (Wildman–Crippen MR) is 123 cm³/mol. The highest BCUT2D eigenvalue weighted by Gasteiger charge is 2.37. The van der Waals surface area contributed by atoms with Crippen LogP contribution in [0.25, 0.3) is 0 Å². The number of nitrogens with one attached hydrogen (secondary N) is 1. The van der Waals surface area contributed by atoms with E-state index in [1.807, 2.05) is 0 Å². The van der Waals surface area contributed by atoms with E-state index in [1.54, 1.807) is 37.3 Å². The second-order valence-corrected chi connectivity index (χ2v) is 9.53. The maximum atomic E-state index is 12.9. The van der Waals surface area contributed by atoms with Gasteiger partial charge in [-0.1, -0.05) is 30.4 Å². The molecule has 3 atom stereocenters. The van der Waals surface area contributed by atoms with E-state index in [-0.39, 0.29) is 13.0 Å². The average Bonchev–Trinajstić information content (AvgIpc) is 3.25. The van der Waals surface area contributed by atoms with E-state index in [1.165, 1.54) is 26.4 Å². The standard InChI is InChI=1S/C24H26F3NO7S/c1-4-34-23(29)22(16-10-12-18(32-2)20(14-16)33-3)15-9-11-17(13-15)28-36(30,31)21-8-6-5-7-19(21)35-24(25,26)27/h5-12,14-15,17,22,28H,4,13H2,1-3H3/t15-,17+,22+/m1/s1. The SMILES string of the molecule is CCOC(=O)[C@H](c1ccc(OC)c(OC)c1)[C@@H]1C=C[C@H](NS(=O)(=O)c2ccccc2OC(F)(F)F)C1. The van der Waals surface area contributed by atoms with Crippen LogP contribution in [0, 0.1) is 5.92 Å². The zero-order valence-corrected chi connectivity index (χ0v) is 20.6. The van der Waals surface area contributed by atoms with Gasteiger partial charge in [0.05, 0.1) is 26.7 Å². The molecule has 2 aromatic rings. The quantitative estimate of drug-likeness (QED) is 0.364. The molecule has 12 heteroatoms. The minimum absolute atomic E-state index is 0.144. The second-order valence-electron chi connectivity index (χ2n) is 7.85. The Morgan fingerprint density at radius 2 is 1.75 bits per heavy atom. The van der Waals surface area contributed by atoms with Crippen LogP contribution in [0.1, 0.15) is 24.8 Å². The van der Waals surface area contributed by atoms with Gasteiger partial charge in [-0.05, 0) is 49.1 Å². The summed E-state index contributed by atoms with van der Waals surface area (Å²) in [6.07, 6.45) is -1.65. The molecule has 196 valence electrons. The first-order valence-electron chi connectivity index (χ1n) is 10.9. The van der Waals surface area contributed by atoms with E-state index in [2.05, 4.69) is 9.46 Å². The van der Waals surface area contributed by atoms with Gasteiger partial charge in [-0.2, -0.15) is 0 Å². The van der Waals surface area contributed by atoms with Crippen LogP contribution in [0.5, 0.6) is 17.2 Å². The molecule has 0 saturated heterocycles. The van der Waals surface area contributed by atoms with Crippen LogP contribution in [0.4, 0.5) is 13.2 Å². The Bertz CT molecular complexity index is 1210. The number of carbonyl (C=O) groups excluding carboxylic acids is 1. The third-order valence-corrected chi connectivity index (χ3v) is 7.05. The molecule has 0 amide bonds. The van der Waals surface area contributed by atoms with Gasteiger partial charge in [0.25, 0.3) is 0 Å². The van der Waals surface area contributed by atoms with E-state index in [4.69, 9.17) is 14.2 Å². The number of carbonyl (C=O) groups is 1. The highest BCUT2D eigenvalue weighted by atomic mass is 32.2. The predicted octanol–water partition coefficient (Wildman–Crippen LogP) is 4.17. The van der Waals surface area contributed by atoms with E-state index in [9.17, 15) is 26.4 Å². The molecule has 2 aromatic carbocycles. The van der Waals surface area contributed by atoms with Crippen molar-refractivity contribution in [2.24, 2.45) is 5.92 Å². The van der Waals surface area contributed by atoms with Gasteiger partial charge in [-0.3, -0.25) is 4.79 Å².